The summed E-state index contributed by atoms with van der Waals surface area (Å²) in [6.45, 7) is 1.64. The lowest BCUT2D eigenvalue weighted by atomic mass is 10.2. The Morgan fingerprint density at radius 3 is 2.53 bits per heavy atom. The molecule has 7 heteroatoms. The molecule has 1 aromatic carbocycles. The molecule has 0 aliphatic carbocycles. The van der Waals surface area contributed by atoms with Gasteiger partial charge in [0.2, 0.25) is 10.0 Å². The monoisotopic (exact) mass is 278 g/mol. The highest BCUT2D eigenvalue weighted by Crippen LogP contribution is 2.24. The third kappa shape index (κ3) is 3.02. The van der Waals surface area contributed by atoms with Gasteiger partial charge in [-0.3, -0.25) is 0 Å². The van der Waals surface area contributed by atoms with Crippen LogP contribution in [0.15, 0.2) is 23.1 Å². The maximum atomic E-state index is 12.3. The van der Waals surface area contributed by atoms with Crippen molar-refractivity contribution >= 4 is 15.7 Å². The molecule has 6 nitrogen and oxygen atoms in total. The van der Waals surface area contributed by atoms with Crippen molar-refractivity contribution in [2.24, 2.45) is 0 Å². The van der Waals surface area contributed by atoms with Crippen LogP contribution in [0.3, 0.4) is 0 Å². The van der Waals surface area contributed by atoms with E-state index in [2.05, 4.69) is 0 Å². The van der Waals surface area contributed by atoms with Crippen molar-refractivity contribution in [1.29, 1.82) is 10.5 Å². The Morgan fingerprint density at radius 2 is 2.05 bits per heavy atom. The number of nitrogen functional groups attached to an aromatic ring is 1. The average Bonchev–Trinajstić information content (AvgIpc) is 2.37. The van der Waals surface area contributed by atoms with E-state index in [0.29, 0.717) is 5.56 Å². The number of hydrogen-bond acceptors (Lipinski definition) is 5. The fourth-order valence-electron chi connectivity index (χ4n) is 1.51. The summed E-state index contributed by atoms with van der Waals surface area (Å²) in [5, 5.41) is 17.3. The van der Waals surface area contributed by atoms with Crippen LogP contribution in [0.4, 0.5) is 5.69 Å². The van der Waals surface area contributed by atoms with Gasteiger partial charge in [0.05, 0.1) is 29.8 Å². The molecule has 0 fully saturated rings. The number of anilines is 1. The Kier molecular flexibility index (Phi) is 4.49. The average molecular weight is 278 g/mol. The van der Waals surface area contributed by atoms with E-state index in [1.54, 1.807) is 6.92 Å². The lowest BCUT2D eigenvalue weighted by Gasteiger charge is -2.23. The van der Waals surface area contributed by atoms with Crippen molar-refractivity contribution in [3.05, 3.63) is 23.8 Å². The topological polar surface area (TPSA) is 111 Å². The number of benzene rings is 1. The van der Waals surface area contributed by atoms with Gasteiger partial charge in [-0.25, -0.2) is 8.42 Å². The molecule has 0 aliphatic heterocycles. The van der Waals surface area contributed by atoms with E-state index in [9.17, 15) is 8.42 Å². The molecule has 0 saturated carbocycles. The second-order valence-corrected chi connectivity index (χ2v) is 6.06. The fourth-order valence-corrected chi connectivity index (χ4v) is 2.96. The van der Waals surface area contributed by atoms with Crippen LogP contribution in [-0.2, 0) is 10.0 Å². The lowest BCUT2D eigenvalue weighted by Crippen LogP contribution is -2.35. The van der Waals surface area contributed by atoms with Crippen LogP contribution in [0.2, 0.25) is 0 Å². The molecule has 1 unspecified atom stereocenters. The Bertz CT molecular complexity index is 655. The number of nitrogens with two attached hydrogens (primary N) is 1. The van der Waals surface area contributed by atoms with Crippen molar-refractivity contribution < 1.29 is 8.42 Å². The van der Waals surface area contributed by atoms with Crippen molar-refractivity contribution in [1.82, 2.24) is 4.31 Å². The standard InChI is InChI=1S/C12H14N4O2S/c1-9(5-6-13)16(2)19(17,18)12-4-3-10(8-14)7-11(12)15/h3-4,7,9H,5,15H2,1-2H3. The van der Waals surface area contributed by atoms with Crippen LogP contribution >= 0.6 is 0 Å². The number of hydrogen-bond donors (Lipinski definition) is 1. The van der Waals surface area contributed by atoms with Gasteiger partial charge in [0, 0.05) is 13.1 Å². The van der Waals surface area contributed by atoms with Crippen LogP contribution in [0.5, 0.6) is 0 Å². The molecule has 100 valence electrons. The molecule has 1 aromatic rings. The van der Waals surface area contributed by atoms with Gasteiger partial charge < -0.3 is 5.73 Å². The summed E-state index contributed by atoms with van der Waals surface area (Å²) in [7, 11) is -2.37. The molecular formula is C12H14N4O2S. The van der Waals surface area contributed by atoms with E-state index in [-0.39, 0.29) is 17.0 Å². The van der Waals surface area contributed by atoms with Gasteiger partial charge in [-0.1, -0.05) is 0 Å². The molecule has 0 amide bonds. The maximum Gasteiger partial charge on any atom is 0.245 e. The zero-order valence-electron chi connectivity index (χ0n) is 10.7. The molecule has 0 aliphatic rings. The third-order valence-electron chi connectivity index (χ3n) is 2.80. The van der Waals surface area contributed by atoms with Crippen LogP contribution in [0.25, 0.3) is 0 Å². The third-order valence-corrected chi connectivity index (χ3v) is 4.85. The minimum absolute atomic E-state index is 0.0232. The highest BCUT2D eigenvalue weighted by atomic mass is 32.2. The Labute approximate surface area is 112 Å². The van der Waals surface area contributed by atoms with Gasteiger partial charge in [0.25, 0.3) is 0 Å². The minimum atomic E-state index is -3.77. The molecule has 0 spiro atoms. The fraction of sp³-hybridized carbons (Fsp3) is 0.333. The molecule has 0 bridgehead atoms. The van der Waals surface area contributed by atoms with Gasteiger partial charge in [-0.05, 0) is 25.1 Å². The van der Waals surface area contributed by atoms with Crippen LogP contribution in [0.1, 0.15) is 18.9 Å². The van der Waals surface area contributed by atoms with Crippen molar-refractivity contribution in [3.63, 3.8) is 0 Å². The normalized spacial score (nSPS) is 12.7. The predicted molar refractivity (Wildman–Crippen MR) is 70.2 cm³/mol. The summed E-state index contributed by atoms with van der Waals surface area (Å²) in [6, 6.07) is 7.37. The van der Waals surface area contributed by atoms with E-state index in [1.807, 2.05) is 12.1 Å². The molecule has 1 atom stereocenters. The van der Waals surface area contributed by atoms with Gasteiger partial charge >= 0.3 is 0 Å². The first-order valence-corrected chi connectivity index (χ1v) is 6.93. The molecule has 0 heterocycles. The maximum absolute atomic E-state index is 12.3. The summed E-state index contributed by atoms with van der Waals surface area (Å²) in [5.41, 5.74) is 5.99. The first-order chi connectivity index (χ1) is 8.84. The van der Waals surface area contributed by atoms with Gasteiger partial charge in [0.15, 0.2) is 0 Å². The zero-order valence-corrected chi connectivity index (χ0v) is 11.5. The highest BCUT2D eigenvalue weighted by Gasteiger charge is 2.27. The minimum Gasteiger partial charge on any atom is -0.398 e. The second-order valence-electron chi connectivity index (χ2n) is 4.10. The van der Waals surface area contributed by atoms with Crippen molar-refractivity contribution in [3.8, 4) is 12.1 Å². The van der Waals surface area contributed by atoms with Gasteiger partial charge in [-0.2, -0.15) is 14.8 Å². The Hall–Kier alpha value is -2.09. The van der Waals surface area contributed by atoms with Crippen LogP contribution in [0, 0.1) is 22.7 Å². The molecule has 1 rings (SSSR count). The number of nitrogens with zero attached hydrogens (tertiary/aromatic N) is 3. The quantitative estimate of drug-likeness (QED) is 0.828. The van der Waals surface area contributed by atoms with Crippen LogP contribution in [-0.4, -0.2) is 25.8 Å². The first-order valence-electron chi connectivity index (χ1n) is 5.49. The highest BCUT2D eigenvalue weighted by molar-refractivity contribution is 7.89. The Morgan fingerprint density at radius 1 is 1.42 bits per heavy atom. The van der Waals surface area contributed by atoms with Gasteiger partial charge in [-0.15, -0.1) is 0 Å². The van der Waals surface area contributed by atoms with E-state index in [4.69, 9.17) is 16.3 Å². The van der Waals surface area contributed by atoms with Gasteiger partial charge in [0.1, 0.15) is 4.90 Å². The molecule has 0 aromatic heterocycles. The van der Waals surface area contributed by atoms with Crippen molar-refractivity contribution in [2.75, 3.05) is 12.8 Å². The zero-order chi connectivity index (χ0) is 14.6. The molecular weight excluding hydrogens is 264 g/mol. The summed E-state index contributed by atoms with van der Waals surface area (Å²) < 4.78 is 25.8. The Balaban J connectivity index is 3.22. The summed E-state index contributed by atoms with van der Waals surface area (Å²) in [6.07, 6.45) is 0.0892. The number of nitriles is 2. The van der Waals surface area contributed by atoms with Crippen molar-refractivity contribution in [2.45, 2.75) is 24.3 Å². The number of rotatable bonds is 4. The van der Waals surface area contributed by atoms with E-state index in [1.165, 1.54) is 25.2 Å². The van der Waals surface area contributed by atoms with E-state index < -0.39 is 16.1 Å². The molecule has 0 saturated heterocycles. The molecule has 19 heavy (non-hydrogen) atoms. The summed E-state index contributed by atoms with van der Waals surface area (Å²) in [5.74, 6) is 0. The smallest absolute Gasteiger partial charge is 0.245 e. The second kappa shape index (κ2) is 5.70. The SMILES string of the molecule is CC(CC#N)N(C)S(=O)(=O)c1ccc(C#N)cc1N. The first kappa shape index (κ1) is 15.0. The number of sulfonamides is 1. The largest absolute Gasteiger partial charge is 0.398 e. The summed E-state index contributed by atoms with van der Waals surface area (Å²) >= 11 is 0. The molecule has 0 radical (unpaired) electrons. The van der Waals surface area contributed by atoms with Crippen LogP contribution < -0.4 is 5.73 Å². The van der Waals surface area contributed by atoms with E-state index in [0.717, 1.165) is 4.31 Å². The predicted octanol–water partition coefficient (Wildman–Crippen LogP) is 1.06. The lowest BCUT2D eigenvalue weighted by molar-refractivity contribution is 0.393. The van der Waals surface area contributed by atoms with E-state index >= 15 is 0 Å². The molecule has 2 N–H and O–H groups in total. The summed E-state index contributed by atoms with van der Waals surface area (Å²) in [4.78, 5) is -0.0567.